The fourth-order valence-electron chi connectivity index (χ4n) is 2.55. The Morgan fingerprint density at radius 2 is 1.93 bits per heavy atom. The van der Waals surface area contributed by atoms with Crippen molar-refractivity contribution in [2.24, 2.45) is 0 Å². The van der Waals surface area contributed by atoms with Gasteiger partial charge in [0.05, 0.1) is 18.9 Å². The van der Waals surface area contributed by atoms with Crippen molar-refractivity contribution in [1.82, 2.24) is 15.2 Å². The van der Waals surface area contributed by atoms with E-state index in [0.717, 1.165) is 32.0 Å². The number of nitrogens with zero attached hydrogens (tertiary/aromatic N) is 2. The van der Waals surface area contributed by atoms with E-state index in [1.165, 1.54) is 0 Å². The first-order valence-corrected chi connectivity index (χ1v) is 8.89. The van der Waals surface area contributed by atoms with Crippen molar-refractivity contribution in [3.8, 4) is 0 Å². The minimum atomic E-state index is -1.26. The van der Waals surface area contributed by atoms with E-state index in [-0.39, 0.29) is 0 Å². The van der Waals surface area contributed by atoms with Crippen LogP contribution in [0.1, 0.15) is 5.69 Å². The minimum absolute atomic E-state index is 0.558. The standard InChI is InChI=1S/C14H21N3O2S.C4H4O4/c1-15-13(20)14(18-2,12-5-3-4-6-16-12)11-17-7-9-19-10-8-17;5-3(6)1-2-4(7)8/h3-6H,7-11H2,1-2H3,(H,15,20);1-2H,(H,5,6)(H,7,8)/b;2-1-. The van der Waals surface area contributed by atoms with Gasteiger partial charge in [-0.1, -0.05) is 18.3 Å². The van der Waals surface area contributed by atoms with E-state index in [4.69, 9.17) is 31.9 Å². The highest BCUT2D eigenvalue weighted by Crippen LogP contribution is 2.26. The summed E-state index contributed by atoms with van der Waals surface area (Å²) in [6.07, 6.45) is 2.88. The van der Waals surface area contributed by atoms with E-state index in [1.807, 2.05) is 25.2 Å². The summed E-state index contributed by atoms with van der Waals surface area (Å²) in [6, 6.07) is 5.79. The van der Waals surface area contributed by atoms with E-state index in [9.17, 15) is 9.59 Å². The molecule has 1 aliphatic heterocycles. The molecule has 0 radical (unpaired) electrons. The second kappa shape index (κ2) is 12.1. The Kier molecular flexibility index (Phi) is 10.2. The molecule has 1 unspecified atom stereocenters. The number of hydrogen-bond donors (Lipinski definition) is 3. The first kappa shape index (κ1) is 23.6. The van der Waals surface area contributed by atoms with Gasteiger partial charge in [-0.3, -0.25) is 9.88 Å². The second-order valence-electron chi connectivity index (χ2n) is 5.72. The number of carboxylic acid groups (broad SMARTS) is 2. The molecule has 1 aromatic heterocycles. The third-order valence-electron chi connectivity index (χ3n) is 3.94. The van der Waals surface area contributed by atoms with Crippen molar-refractivity contribution in [1.29, 1.82) is 0 Å². The Bertz CT molecular complexity index is 663. The molecule has 0 aliphatic carbocycles. The second-order valence-corrected chi connectivity index (χ2v) is 6.13. The molecule has 0 amide bonds. The Morgan fingerprint density at radius 3 is 2.36 bits per heavy atom. The molecule has 1 atom stereocenters. The zero-order valence-electron chi connectivity index (χ0n) is 15.8. The van der Waals surface area contributed by atoms with Crippen molar-refractivity contribution < 1.29 is 29.3 Å². The maximum absolute atomic E-state index is 9.55. The summed E-state index contributed by atoms with van der Waals surface area (Å²) in [5, 5.41) is 18.7. The lowest BCUT2D eigenvalue weighted by Crippen LogP contribution is -2.53. The van der Waals surface area contributed by atoms with Crippen LogP contribution >= 0.6 is 12.2 Å². The number of carboxylic acids is 2. The Balaban J connectivity index is 0.000000416. The van der Waals surface area contributed by atoms with E-state index in [1.54, 1.807) is 13.3 Å². The van der Waals surface area contributed by atoms with Gasteiger partial charge in [0.1, 0.15) is 4.99 Å². The number of methoxy groups -OCH3 is 1. The highest BCUT2D eigenvalue weighted by Gasteiger charge is 2.40. The van der Waals surface area contributed by atoms with Crippen LogP contribution in [0.25, 0.3) is 0 Å². The van der Waals surface area contributed by atoms with Gasteiger partial charge < -0.3 is 25.0 Å². The van der Waals surface area contributed by atoms with Crippen LogP contribution in [0, 0.1) is 0 Å². The molecule has 0 spiro atoms. The molecule has 154 valence electrons. The summed E-state index contributed by atoms with van der Waals surface area (Å²) in [6.45, 7) is 3.92. The molecule has 1 fully saturated rings. The van der Waals surface area contributed by atoms with Crippen LogP contribution in [-0.4, -0.2) is 84.0 Å². The largest absolute Gasteiger partial charge is 0.478 e. The lowest BCUT2D eigenvalue weighted by atomic mass is 9.97. The minimum Gasteiger partial charge on any atom is -0.478 e. The Labute approximate surface area is 169 Å². The van der Waals surface area contributed by atoms with Gasteiger partial charge in [-0.05, 0) is 12.1 Å². The Hall–Kier alpha value is -2.40. The van der Waals surface area contributed by atoms with E-state index in [2.05, 4.69) is 15.2 Å². The molecule has 0 bridgehead atoms. The average molecular weight is 411 g/mol. The van der Waals surface area contributed by atoms with E-state index >= 15 is 0 Å². The van der Waals surface area contributed by atoms with Gasteiger partial charge in [0.15, 0.2) is 5.60 Å². The SMILES string of the molecule is CNC(=S)C(CN1CCOCC1)(OC)c1ccccn1.O=C(O)/C=C\C(=O)O. The molecule has 1 aromatic rings. The van der Waals surface area contributed by atoms with Crippen LogP contribution < -0.4 is 5.32 Å². The van der Waals surface area contributed by atoms with Crippen molar-refractivity contribution >= 4 is 29.1 Å². The summed E-state index contributed by atoms with van der Waals surface area (Å²) in [7, 11) is 3.50. The number of rotatable bonds is 7. The van der Waals surface area contributed by atoms with Crippen LogP contribution in [-0.2, 0) is 24.7 Å². The summed E-state index contributed by atoms with van der Waals surface area (Å²) < 4.78 is 11.2. The van der Waals surface area contributed by atoms with E-state index in [0.29, 0.717) is 23.7 Å². The number of pyridine rings is 1. The summed E-state index contributed by atoms with van der Waals surface area (Å²) in [5.41, 5.74) is 0.108. The number of ether oxygens (including phenoxy) is 2. The van der Waals surface area contributed by atoms with Crippen molar-refractivity contribution in [3.05, 3.63) is 42.2 Å². The summed E-state index contributed by atoms with van der Waals surface area (Å²) >= 11 is 5.50. The van der Waals surface area contributed by atoms with Crippen molar-refractivity contribution in [2.75, 3.05) is 47.0 Å². The van der Waals surface area contributed by atoms with Crippen LogP contribution in [0.4, 0.5) is 0 Å². The predicted molar refractivity (Wildman–Crippen MR) is 106 cm³/mol. The predicted octanol–water partition coefficient (Wildman–Crippen LogP) is 0.514. The fourth-order valence-corrected chi connectivity index (χ4v) is 2.80. The molecular weight excluding hydrogens is 386 g/mol. The first-order chi connectivity index (χ1) is 13.4. The molecular formula is C18H25N3O6S. The maximum atomic E-state index is 9.55. The topological polar surface area (TPSA) is 121 Å². The lowest BCUT2D eigenvalue weighted by molar-refractivity contribution is -0.134. The quantitative estimate of drug-likeness (QED) is 0.432. The normalized spacial score (nSPS) is 16.5. The van der Waals surface area contributed by atoms with Gasteiger partial charge >= 0.3 is 11.9 Å². The van der Waals surface area contributed by atoms with Crippen LogP contribution in [0.15, 0.2) is 36.5 Å². The highest BCUT2D eigenvalue weighted by molar-refractivity contribution is 7.80. The highest BCUT2D eigenvalue weighted by atomic mass is 32.1. The summed E-state index contributed by atoms with van der Waals surface area (Å²) in [5.74, 6) is -2.51. The first-order valence-electron chi connectivity index (χ1n) is 8.48. The molecule has 28 heavy (non-hydrogen) atoms. The Morgan fingerprint density at radius 1 is 1.32 bits per heavy atom. The number of morpholine rings is 1. The monoisotopic (exact) mass is 411 g/mol. The molecule has 0 saturated carbocycles. The van der Waals surface area contributed by atoms with Gasteiger partial charge in [0, 0.05) is 52.1 Å². The number of aliphatic carboxylic acids is 2. The zero-order valence-corrected chi connectivity index (χ0v) is 16.6. The molecule has 0 aromatic carbocycles. The fraction of sp³-hybridized carbons (Fsp3) is 0.444. The average Bonchev–Trinajstić information content (AvgIpc) is 2.72. The number of aromatic nitrogens is 1. The number of hydrogen-bond acceptors (Lipinski definition) is 7. The molecule has 2 rings (SSSR count). The third kappa shape index (κ3) is 7.31. The molecule has 10 heteroatoms. The van der Waals surface area contributed by atoms with Gasteiger partial charge in [-0.2, -0.15) is 0 Å². The molecule has 1 saturated heterocycles. The number of thiocarbonyl (C=S) groups is 1. The third-order valence-corrected chi connectivity index (χ3v) is 4.47. The molecule has 1 aliphatic rings. The van der Waals surface area contributed by atoms with Gasteiger partial charge in [-0.25, -0.2) is 9.59 Å². The number of nitrogens with one attached hydrogen (secondary N) is 1. The van der Waals surface area contributed by atoms with Gasteiger partial charge in [0.25, 0.3) is 0 Å². The molecule has 2 heterocycles. The smallest absolute Gasteiger partial charge is 0.328 e. The number of carbonyl (C=O) groups is 2. The van der Waals surface area contributed by atoms with Gasteiger partial charge in [0.2, 0.25) is 0 Å². The van der Waals surface area contributed by atoms with E-state index < -0.39 is 17.5 Å². The molecule has 3 N–H and O–H groups in total. The number of likely N-dealkylation sites (N-methyl/N-ethyl adjacent to an activating group) is 1. The van der Waals surface area contributed by atoms with Crippen LogP contribution in [0.5, 0.6) is 0 Å². The lowest BCUT2D eigenvalue weighted by Gasteiger charge is -2.38. The summed E-state index contributed by atoms with van der Waals surface area (Å²) in [4.78, 5) is 26.5. The maximum Gasteiger partial charge on any atom is 0.328 e. The van der Waals surface area contributed by atoms with Crippen LogP contribution in [0.3, 0.4) is 0 Å². The van der Waals surface area contributed by atoms with Gasteiger partial charge in [-0.15, -0.1) is 0 Å². The van der Waals surface area contributed by atoms with Crippen LogP contribution in [0.2, 0.25) is 0 Å². The molecule has 9 nitrogen and oxygen atoms in total. The van der Waals surface area contributed by atoms with Crippen molar-refractivity contribution in [2.45, 2.75) is 5.60 Å². The zero-order chi connectivity index (χ0) is 21.0. The van der Waals surface area contributed by atoms with Crippen molar-refractivity contribution in [3.63, 3.8) is 0 Å².